The number of nitrogens with one attached hydrogen (secondary N) is 4. The first-order chi connectivity index (χ1) is 16.9. The molecule has 8 heteroatoms. The molecule has 4 N–H and O–H groups in total. The summed E-state index contributed by atoms with van der Waals surface area (Å²) in [7, 11) is 0. The van der Waals surface area contributed by atoms with Crippen molar-refractivity contribution in [1.82, 2.24) is 25.6 Å². The summed E-state index contributed by atoms with van der Waals surface area (Å²) in [4.78, 5) is 26.6. The molecule has 3 heterocycles. The number of carbonyl (C=O) groups is 1. The Morgan fingerprint density at radius 1 is 1.06 bits per heavy atom. The Labute approximate surface area is 213 Å². The van der Waals surface area contributed by atoms with E-state index in [1.807, 2.05) is 32.0 Å². The van der Waals surface area contributed by atoms with Crippen LogP contribution >= 0.6 is 0 Å². The predicted octanol–water partition coefficient (Wildman–Crippen LogP) is 5.18. The van der Waals surface area contributed by atoms with E-state index in [4.69, 9.17) is 4.98 Å². The highest BCUT2D eigenvalue weighted by Crippen LogP contribution is 2.31. The largest absolute Gasteiger partial charge is 0.350 e. The summed E-state index contributed by atoms with van der Waals surface area (Å²) in [5.41, 5.74) is 5.49. The van der Waals surface area contributed by atoms with Crippen molar-refractivity contribution in [2.75, 3.05) is 17.2 Å². The van der Waals surface area contributed by atoms with Gasteiger partial charge in [0, 0.05) is 46.5 Å². The number of hydrogen-bond donors (Lipinski definition) is 4. The average Bonchev–Trinajstić information content (AvgIpc) is 2.78. The summed E-state index contributed by atoms with van der Waals surface area (Å²) in [5.74, 6) is 0.615. The minimum Gasteiger partial charge on any atom is -0.350 e. The summed E-state index contributed by atoms with van der Waals surface area (Å²) in [6.45, 7) is 15.5. The summed E-state index contributed by atoms with van der Waals surface area (Å²) >= 11 is 0. The third kappa shape index (κ3) is 5.82. The van der Waals surface area contributed by atoms with Crippen molar-refractivity contribution in [3.8, 4) is 0 Å². The molecule has 0 aliphatic carbocycles. The van der Waals surface area contributed by atoms with Crippen molar-refractivity contribution in [3.05, 3.63) is 65.1 Å². The van der Waals surface area contributed by atoms with Crippen LogP contribution in [-0.4, -0.2) is 33.4 Å². The highest BCUT2D eigenvalue weighted by atomic mass is 16.1. The van der Waals surface area contributed by atoms with Crippen LogP contribution in [0.2, 0.25) is 0 Å². The van der Waals surface area contributed by atoms with E-state index in [2.05, 4.69) is 78.0 Å². The van der Waals surface area contributed by atoms with E-state index in [1.54, 1.807) is 12.4 Å². The third-order valence-corrected chi connectivity index (χ3v) is 6.24. The van der Waals surface area contributed by atoms with Gasteiger partial charge in [-0.3, -0.25) is 9.78 Å². The number of rotatable bonds is 6. The van der Waals surface area contributed by atoms with Crippen molar-refractivity contribution >= 4 is 29.0 Å². The molecule has 0 unspecified atom stereocenters. The van der Waals surface area contributed by atoms with Gasteiger partial charge < -0.3 is 21.3 Å². The second kappa shape index (κ2) is 9.85. The summed E-state index contributed by atoms with van der Waals surface area (Å²) in [5, 5.41) is 13.1. The standard InChI is InChI=1S/C28H37N7O/c1-17(2)32-25(36)21-16-30-26(34-19-8-9-22-18(14-19)10-13-31-28(22,6)7)35-24(21)33-20-11-12-29-23(15-20)27(3,4)5/h8-9,11-12,14-17,31H,10,13H2,1-7H3,(H,32,36)(H2,29,30,33,34,35). The smallest absolute Gasteiger partial charge is 0.256 e. The van der Waals surface area contributed by atoms with E-state index in [9.17, 15) is 4.79 Å². The number of carbonyl (C=O) groups excluding carboxylic acids is 1. The Kier molecular flexibility index (Phi) is 7.00. The molecule has 1 aliphatic rings. The summed E-state index contributed by atoms with van der Waals surface area (Å²) < 4.78 is 0. The highest BCUT2D eigenvalue weighted by Gasteiger charge is 2.26. The van der Waals surface area contributed by atoms with Crippen LogP contribution in [0.15, 0.2) is 42.7 Å². The van der Waals surface area contributed by atoms with Crippen LogP contribution in [0, 0.1) is 0 Å². The lowest BCUT2D eigenvalue weighted by Gasteiger charge is -2.34. The molecular formula is C28H37N7O. The molecule has 1 aliphatic heterocycles. The molecule has 8 nitrogen and oxygen atoms in total. The monoisotopic (exact) mass is 487 g/mol. The number of anilines is 4. The van der Waals surface area contributed by atoms with Gasteiger partial charge in [-0.25, -0.2) is 4.98 Å². The molecule has 0 fully saturated rings. The van der Waals surface area contributed by atoms with Gasteiger partial charge in [-0.2, -0.15) is 4.98 Å². The van der Waals surface area contributed by atoms with Gasteiger partial charge in [-0.1, -0.05) is 26.8 Å². The number of nitrogens with zero attached hydrogens (tertiary/aromatic N) is 3. The molecule has 0 saturated carbocycles. The lowest BCUT2D eigenvalue weighted by atomic mass is 9.85. The number of hydrogen-bond acceptors (Lipinski definition) is 7. The minimum atomic E-state index is -0.229. The Morgan fingerprint density at radius 3 is 2.53 bits per heavy atom. The van der Waals surface area contributed by atoms with E-state index < -0.39 is 0 Å². The first kappa shape index (κ1) is 25.6. The van der Waals surface area contributed by atoms with E-state index in [0.29, 0.717) is 17.3 Å². The molecule has 2 aromatic heterocycles. The van der Waals surface area contributed by atoms with Crippen LogP contribution in [0.25, 0.3) is 0 Å². The van der Waals surface area contributed by atoms with Crippen molar-refractivity contribution in [3.63, 3.8) is 0 Å². The molecule has 1 amide bonds. The molecule has 0 bridgehead atoms. The van der Waals surface area contributed by atoms with Crippen LogP contribution in [0.1, 0.15) is 75.6 Å². The maximum absolute atomic E-state index is 12.9. The van der Waals surface area contributed by atoms with Crippen molar-refractivity contribution in [1.29, 1.82) is 0 Å². The lowest BCUT2D eigenvalue weighted by Crippen LogP contribution is -2.42. The molecule has 190 valence electrons. The molecule has 36 heavy (non-hydrogen) atoms. The van der Waals surface area contributed by atoms with Crippen molar-refractivity contribution in [2.24, 2.45) is 0 Å². The van der Waals surface area contributed by atoms with Gasteiger partial charge in [0.25, 0.3) is 5.91 Å². The molecule has 0 saturated heterocycles. The number of benzene rings is 1. The minimum absolute atomic E-state index is 0.00851. The van der Waals surface area contributed by atoms with E-state index in [1.165, 1.54) is 11.1 Å². The fourth-order valence-corrected chi connectivity index (χ4v) is 4.32. The molecule has 1 aromatic carbocycles. The van der Waals surface area contributed by atoms with Crippen molar-refractivity contribution in [2.45, 2.75) is 71.9 Å². The topological polar surface area (TPSA) is 104 Å². The normalized spacial score (nSPS) is 14.8. The fraction of sp³-hybridized carbons (Fsp3) is 0.429. The molecule has 4 rings (SSSR count). The van der Waals surface area contributed by atoms with Gasteiger partial charge in [0.1, 0.15) is 11.4 Å². The quantitative estimate of drug-likeness (QED) is 0.380. The lowest BCUT2D eigenvalue weighted by molar-refractivity contribution is 0.0943. The molecule has 0 radical (unpaired) electrons. The van der Waals surface area contributed by atoms with Gasteiger partial charge in [0.05, 0.1) is 0 Å². The Balaban J connectivity index is 1.66. The van der Waals surface area contributed by atoms with Crippen LogP contribution in [0.5, 0.6) is 0 Å². The summed E-state index contributed by atoms with van der Waals surface area (Å²) in [6, 6.07) is 10.2. The fourth-order valence-electron chi connectivity index (χ4n) is 4.32. The zero-order valence-electron chi connectivity index (χ0n) is 22.3. The van der Waals surface area contributed by atoms with Crippen LogP contribution in [0.4, 0.5) is 23.1 Å². The highest BCUT2D eigenvalue weighted by molar-refractivity contribution is 5.99. The van der Waals surface area contributed by atoms with Gasteiger partial charge in [-0.05, 0) is 76.1 Å². The van der Waals surface area contributed by atoms with Crippen molar-refractivity contribution < 1.29 is 4.79 Å². The number of pyridine rings is 1. The van der Waals surface area contributed by atoms with Crippen LogP contribution in [-0.2, 0) is 17.4 Å². The molecule has 0 atom stereocenters. The van der Waals surface area contributed by atoms with Gasteiger partial charge in [0.15, 0.2) is 0 Å². The maximum Gasteiger partial charge on any atom is 0.256 e. The van der Waals surface area contributed by atoms with Gasteiger partial charge >= 0.3 is 0 Å². The third-order valence-electron chi connectivity index (χ3n) is 6.24. The first-order valence-corrected chi connectivity index (χ1v) is 12.5. The molecule has 0 spiro atoms. The zero-order chi connectivity index (χ0) is 26.1. The predicted molar refractivity (Wildman–Crippen MR) is 145 cm³/mol. The summed E-state index contributed by atoms with van der Waals surface area (Å²) in [6.07, 6.45) is 4.29. The zero-order valence-corrected chi connectivity index (χ0v) is 22.3. The number of amides is 1. The molecule has 3 aromatic rings. The van der Waals surface area contributed by atoms with Gasteiger partial charge in [-0.15, -0.1) is 0 Å². The second-order valence-corrected chi connectivity index (χ2v) is 11.2. The molecular weight excluding hydrogens is 450 g/mol. The Morgan fingerprint density at radius 2 is 1.81 bits per heavy atom. The first-order valence-electron chi connectivity index (χ1n) is 12.5. The Hall–Kier alpha value is -3.52. The van der Waals surface area contributed by atoms with E-state index in [0.717, 1.165) is 30.0 Å². The Bertz CT molecular complexity index is 1260. The van der Waals surface area contributed by atoms with Gasteiger partial charge in [0.2, 0.25) is 5.95 Å². The maximum atomic E-state index is 12.9. The SMILES string of the molecule is CC(C)NC(=O)c1cnc(Nc2ccc3c(c2)CCNC3(C)C)nc1Nc1ccnc(C(C)(C)C)c1. The van der Waals surface area contributed by atoms with E-state index >= 15 is 0 Å². The van der Waals surface area contributed by atoms with Crippen LogP contribution < -0.4 is 21.3 Å². The number of fused-ring (bicyclic) bond motifs is 1. The van der Waals surface area contributed by atoms with Crippen LogP contribution in [0.3, 0.4) is 0 Å². The van der Waals surface area contributed by atoms with E-state index in [-0.39, 0.29) is 22.9 Å². The number of aromatic nitrogens is 3. The average molecular weight is 488 g/mol. The second-order valence-electron chi connectivity index (χ2n) is 11.2.